The van der Waals surface area contributed by atoms with E-state index in [-0.39, 0.29) is 6.10 Å². The van der Waals surface area contributed by atoms with Crippen LogP contribution in [0, 0.1) is 5.92 Å². The maximum absolute atomic E-state index is 5.69. The van der Waals surface area contributed by atoms with Gasteiger partial charge >= 0.3 is 0 Å². The first-order chi connectivity index (χ1) is 9.88. The van der Waals surface area contributed by atoms with Crippen LogP contribution in [-0.2, 0) is 17.6 Å². The van der Waals surface area contributed by atoms with E-state index in [1.165, 1.54) is 30.5 Å². The van der Waals surface area contributed by atoms with Crippen LogP contribution < -0.4 is 5.32 Å². The number of hydrogen-bond donors (Lipinski definition) is 1. The number of nitrogens with one attached hydrogen (secondary N) is 1. The van der Waals surface area contributed by atoms with E-state index in [9.17, 15) is 0 Å². The molecule has 1 aliphatic heterocycles. The van der Waals surface area contributed by atoms with Gasteiger partial charge in [-0.05, 0) is 63.0 Å². The lowest BCUT2D eigenvalue weighted by Crippen LogP contribution is -2.29. The lowest BCUT2D eigenvalue weighted by molar-refractivity contribution is 0.104. The first-order valence-corrected chi connectivity index (χ1v) is 8.08. The monoisotopic (exact) mass is 273 g/mol. The molecule has 0 bridgehead atoms. The highest BCUT2D eigenvalue weighted by molar-refractivity contribution is 5.22. The minimum Gasteiger partial charge on any atom is -0.370 e. The van der Waals surface area contributed by atoms with Crippen molar-refractivity contribution in [3.8, 4) is 0 Å². The molecular weight excluding hydrogens is 250 g/mol. The van der Waals surface area contributed by atoms with Crippen LogP contribution in [-0.4, -0.2) is 29.2 Å². The second-order valence-corrected chi connectivity index (χ2v) is 6.49. The van der Waals surface area contributed by atoms with Gasteiger partial charge in [0, 0.05) is 24.5 Å². The molecule has 2 heterocycles. The molecule has 2 fully saturated rings. The smallest absolute Gasteiger partial charge is 0.157 e. The molecule has 2 atom stereocenters. The Morgan fingerprint density at radius 1 is 1.25 bits per heavy atom. The Balaban J connectivity index is 1.42. The van der Waals surface area contributed by atoms with Gasteiger partial charge in [0.2, 0.25) is 0 Å². The molecule has 1 N–H and O–H groups in total. The molecule has 4 nitrogen and oxygen atoms in total. The summed E-state index contributed by atoms with van der Waals surface area (Å²) in [5.41, 5.74) is 2.63. The number of aryl methyl sites for hydroxylation is 1. The third-order valence-electron chi connectivity index (χ3n) is 4.76. The minimum absolute atomic E-state index is 0.148. The van der Waals surface area contributed by atoms with Crippen LogP contribution in [0.2, 0.25) is 0 Å². The number of hydrogen-bond acceptors (Lipinski definition) is 4. The lowest BCUT2D eigenvalue weighted by atomic mass is 9.87. The maximum Gasteiger partial charge on any atom is 0.157 e. The first kappa shape index (κ1) is 12.7. The Morgan fingerprint density at radius 2 is 2.20 bits per heavy atom. The van der Waals surface area contributed by atoms with Gasteiger partial charge in [-0.2, -0.15) is 0 Å². The molecule has 0 spiro atoms. The highest BCUT2D eigenvalue weighted by Gasteiger charge is 2.26. The van der Waals surface area contributed by atoms with Crippen molar-refractivity contribution in [2.75, 3.05) is 13.2 Å². The molecular formula is C16H23N3O. The van der Waals surface area contributed by atoms with Gasteiger partial charge in [0.1, 0.15) is 6.10 Å². The van der Waals surface area contributed by atoms with E-state index in [0.717, 1.165) is 56.6 Å². The van der Waals surface area contributed by atoms with Crippen molar-refractivity contribution in [2.24, 2.45) is 5.92 Å². The molecule has 108 valence electrons. The topological polar surface area (TPSA) is 47.0 Å². The van der Waals surface area contributed by atoms with Crippen LogP contribution in [0.25, 0.3) is 0 Å². The summed E-state index contributed by atoms with van der Waals surface area (Å²) in [6.45, 7) is 2.03. The summed E-state index contributed by atoms with van der Waals surface area (Å²) >= 11 is 0. The predicted octanol–water partition coefficient (Wildman–Crippen LogP) is 2.18. The Hall–Kier alpha value is -1.00. The fraction of sp³-hybridized carbons (Fsp3) is 0.750. The molecule has 2 aliphatic carbocycles. The van der Waals surface area contributed by atoms with Gasteiger partial charge in [-0.3, -0.25) is 0 Å². The first-order valence-electron chi connectivity index (χ1n) is 8.08. The third kappa shape index (κ3) is 2.72. The van der Waals surface area contributed by atoms with Crippen molar-refractivity contribution in [1.29, 1.82) is 0 Å². The van der Waals surface area contributed by atoms with E-state index in [0.29, 0.717) is 0 Å². The maximum atomic E-state index is 5.69. The Bertz CT molecular complexity index is 481. The molecule has 0 radical (unpaired) electrons. The van der Waals surface area contributed by atoms with Gasteiger partial charge in [0.15, 0.2) is 5.82 Å². The van der Waals surface area contributed by atoms with Gasteiger partial charge in [0.25, 0.3) is 0 Å². The number of aromatic nitrogens is 2. The largest absolute Gasteiger partial charge is 0.370 e. The van der Waals surface area contributed by atoms with E-state index in [4.69, 9.17) is 9.72 Å². The Kier molecular flexibility index (Phi) is 3.44. The van der Waals surface area contributed by atoms with E-state index in [1.807, 2.05) is 0 Å². The third-order valence-corrected chi connectivity index (χ3v) is 4.76. The van der Waals surface area contributed by atoms with Gasteiger partial charge in [-0.1, -0.05) is 0 Å². The van der Waals surface area contributed by atoms with Gasteiger partial charge < -0.3 is 10.1 Å². The molecule has 1 saturated heterocycles. The number of fused-ring (bicyclic) bond motifs is 1. The molecule has 1 saturated carbocycles. The molecule has 0 amide bonds. The van der Waals surface area contributed by atoms with Crippen molar-refractivity contribution in [2.45, 2.75) is 57.1 Å². The molecule has 1 aromatic heterocycles. The highest BCUT2D eigenvalue weighted by atomic mass is 16.5. The van der Waals surface area contributed by atoms with Gasteiger partial charge in [0.05, 0.1) is 0 Å². The number of nitrogens with zero attached hydrogens (tertiary/aromatic N) is 2. The average Bonchev–Trinajstić information content (AvgIpc) is 3.16. The summed E-state index contributed by atoms with van der Waals surface area (Å²) in [5, 5.41) is 3.65. The van der Waals surface area contributed by atoms with Crippen molar-refractivity contribution >= 4 is 0 Å². The zero-order chi connectivity index (χ0) is 13.4. The second kappa shape index (κ2) is 5.41. The molecule has 4 rings (SSSR count). The second-order valence-electron chi connectivity index (χ2n) is 6.49. The lowest BCUT2D eigenvalue weighted by Gasteiger charge is -2.24. The average molecular weight is 273 g/mol. The van der Waals surface area contributed by atoms with E-state index in [1.54, 1.807) is 0 Å². The zero-order valence-electron chi connectivity index (χ0n) is 12.0. The fourth-order valence-corrected chi connectivity index (χ4v) is 3.33. The van der Waals surface area contributed by atoms with Crippen LogP contribution >= 0.6 is 0 Å². The van der Waals surface area contributed by atoms with Crippen LogP contribution in [0.1, 0.15) is 55.3 Å². The molecule has 0 aromatic carbocycles. The molecule has 1 aromatic rings. The van der Waals surface area contributed by atoms with Crippen LogP contribution in [0.3, 0.4) is 0 Å². The quantitative estimate of drug-likeness (QED) is 0.913. The van der Waals surface area contributed by atoms with E-state index in [2.05, 4.69) is 16.5 Å². The standard InChI is InChI=1S/C16H23N3O/c1-2-15(20-7-1)16-18-10-12-8-11(3-6-14(12)19-16)9-17-13-4-5-13/h10-11,13,15,17H,1-9H2. The highest BCUT2D eigenvalue weighted by Crippen LogP contribution is 2.29. The fourth-order valence-electron chi connectivity index (χ4n) is 3.33. The minimum atomic E-state index is 0.148. The molecule has 4 heteroatoms. The summed E-state index contributed by atoms with van der Waals surface area (Å²) in [7, 11) is 0. The molecule has 2 unspecified atom stereocenters. The summed E-state index contributed by atoms with van der Waals surface area (Å²) in [5.74, 6) is 1.68. The van der Waals surface area contributed by atoms with Crippen LogP contribution in [0.15, 0.2) is 6.20 Å². The summed E-state index contributed by atoms with van der Waals surface area (Å²) in [4.78, 5) is 9.34. The molecule has 20 heavy (non-hydrogen) atoms. The zero-order valence-corrected chi connectivity index (χ0v) is 12.0. The predicted molar refractivity (Wildman–Crippen MR) is 76.5 cm³/mol. The Morgan fingerprint density at radius 3 is 3.00 bits per heavy atom. The van der Waals surface area contributed by atoms with Crippen molar-refractivity contribution in [1.82, 2.24) is 15.3 Å². The van der Waals surface area contributed by atoms with E-state index < -0.39 is 0 Å². The van der Waals surface area contributed by atoms with Crippen molar-refractivity contribution < 1.29 is 4.74 Å². The summed E-state index contributed by atoms with van der Waals surface area (Å²) < 4.78 is 5.69. The van der Waals surface area contributed by atoms with Crippen LogP contribution in [0.5, 0.6) is 0 Å². The van der Waals surface area contributed by atoms with Gasteiger partial charge in [-0.25, -0.2) is 9.97 Å². The van der Waals surface area contributed by atoms with Crippen LogP contribution in [0.4, 0.5) is 0 Å². The van der Waals surface area contributed by atoms with E-state index >= 15 is 0 Å². The Labute approximate surface area is 120 Å². The SMILES string of the molecule is c1nc(C2CCCO2)nc2c1CC(CNC1CC1)CC2. The summed E-state index contributed by atoms with van der Waals surface area (Å²) in [6.07, 6.45) is 10.7. The normalized spacial score (nSPS) is 29.4. The number of ether oxygens (including phenoxy) is 1. The summed E-state index contributed by atoms with van der Waals surface area (Å²) in [6, 6.07) is 0.814. The number of rotatable bonds is 4. The molecule has 3 aliphatic rings. The van der Waals surface area contributed by atoms with Gasteiger partial charge in [-0.15, -0.1) is 0 Å². The van der Waals surface area contributed by atoms with Crippen molar-refractivity contribution in [3.63, 3.8) is 0 Å². The van der Waals surface area contributed by atoms with Crippen molar-refractivity contribution in [3.05, 3.63) is 23.3 Å².